The largest absolute Gasteiger partial charge is 0.497 e. The molecule has 0 aliphatic heterocycles. The van der Waals surface area contributed by atoms with E-state index in [1.807, 2.05) is 0 Å². The van der Waals surface area contributed by atoms with E-state index >= 15 is 0 Å². The van der Waals surface area contributed by atoms with E-state index in [4.69, 9.17) is 4.74 Å². The third kappa shape index (κ3) is 2.17. The number of hydrogen-bond acceptors (Lipinski definition) is 1. The van der Waals surface area contributed by atoms with Gasteiger partial charge in [0.15, 0.2) is 0 Å². The number of methoxy groups -OCH3 is 1. The SMILES string of the molecule is COc1ccc(C2(C)CCCCC2)cc1. The molecule has 1 aromatic carbocycles. The Morgan fingerprint density at radius 1 is 1.00 bits per heavy atom. The van der Waals surface area contributed by atoms with E-state index in [1.54, 1.807) is 7.11 Å². The van der Waals surface area contributed by atoms with Gasteiger partial charge < -0.3 is 4.74 Å². The quantitative estimate of drug-likeness (QED) is 0.709. The van der Waals surface area contributed by atoms with Crippen LogP contribution in [0.5, 0.6) is 5.75 Å². The molecule has 0 amide bonds. The molecule has 1 aliphatic rings. The van der Waals surface area contributed by atoms with Crippen molar-refractivity contribution in [3.8, 4) is 5.75 Å². The Kier molecular flexibility index (Phi) is 2.99. The summed E-state index contributed by atoms with van der Waals surface area (Å²) in [4.78, 5) is 0. The molecule has 1 saturated carbocycles. The van der Waals surface area contributed by atoms with E-state index in [9.17, 15) is 0 Å². The first kappa shape index (κ1) is 10.5. The van der Waals surface area contributed by atoms with Gasteiger partial charge in [0, 0.05) is 0 Å². The molecule has 82 valence electrons. The number of ether oxygens (including phenoxy) is 1. The molecule has 1 aliphatic carbocycles. The van der Waals surface area contributed by atoms with Crippen LogP contribution in [0.3, 0.4) is 0 Å². The zero-order valence-corrected chi connectivity index (χ0v) is 9.75. The van der Waals surface area contributed by atoms with Crippen LogP contribution in [0, 0.1) is 0 Å². The van der Waals surface area contributed by atoms with E-state index in [2.05, 4.69) is 31.2 Å². The van der Waals surface area contributed by atoms with Gasteiger partial charge in [-0.25, -0.2) is 0 Å². The third-order valence-corrected chi connectivity index (χ3v) is 3.74. The minimum atomic E-state index is 0.407. The molecule has 15 heavy (non-hydrogen) atoms. The molecular formula is C14H20O. The van der Waals surface area contributed by atoms with Crippen LogP contribution in [0.1, 0.15) is 44.6 Å². The molecule has 0 unspecified atom stereocenters. The highest BCUT2D eigenvalue weighted by Crippen LogP contribution is 2.39. The van der Waals surface area contributed by atoms with Crippen LogP contribution in [0.4, 0.5) is 0 Å². The smallest absolute Gasteiger partial charge is 0.118 e. The Hall–Kier alpha value is -0.980. The topological polar surface area (TPSA) is 9.23 Å². The fourth-order valence-corrected chi connectivity index (χ4v) is 2.61. The Morgan fingerprint density at radius 3 is 2.13 bits per heavy atom. The first-order valence-corrected chi connectivity index (χ1v) is 5.89. The van der Waals surface area contributed by atoms with Crippen LogP contribution in [0.25, 0.3) is 0 Å². The molecular weight excluding hydrogens is 184 g/mol. The third-order valence-electron chi connectivity index (χ3n) is 3.74. The minimum absolute atomic E-state index is 0.407. The summed E-state index contributed by atoms with van der Waals surface area (Å²) in [5, 5.41) is 0. The second-order valence-electron chi connectivity index (χ2n) is 4.85. The van der Waals surface area contributed by atoms with E-state index in [1.165, 1.54) is 37.7 Å². The van der Waals surface area contributed by atoms with Crippen LogP contribution in [-0.2, 0) is 5.41 Å². The first-order chi connectivity index (χ1) is 7.24. The number of benzene rings is 1. The van der Waals surface area contributed by atoms with Crippen molar-refractivity contribution in [2.45, 2.75) is 44.4 Å². The predicted molar refractivity (Wildman–Crippen MR) is 63.4 cm³/mol. The lowest BCUT2D eigenvalue weighted by atomic mass is 9.71. The monoisotopic (exact) mass is 204 g/mol. The predicted octanol–water partition coefficient (Wildman–Crippen LogP) is 3.92. The summed E-state index contributed by atoms with van der Waals surface area (Å²) in [6, 6.07) is 8.61. The van der Waals surface area contributed by atoms with Crippen molar-refractivity contribution in [2.75, 3.05) is 7.11 Å². The maximum atomic E-state index is 5.19. The maximum absolute atomic E-state index is 5.19. The van der Waals surface area contributed by atoms with E-state index in [0.29, 0.717) is 5.41 Å². The number of rotatable bonds is 2. The van der Waals surface area contributed by atoms with Gasteiger partial charge in [-0.1, -0.05) is 38.3 Å². The lowest BCUT2D eigenvalue weighted by Crippen LogP contribution is -2.24. The normalized spacial score (nSPS) is 19.9. The zero-order chi connectivity index (χ0) is 10.7. The summed E-state index contributed by atoms with van der Waals surface area (Å²) in [5.41, 5.74) is 1.88. The Labute approximate surface area is 92.5 Å². The number of hydrogen-bond donors (Lipinski definition) is 0. The second-order valence-corrected chi connectivity index (χ2v) is 4.85. The molecule has 0 atom stereocenters. The first-order valence-electron chi connectivity index (χ1n) is 5.89. The van der Waals surface area contributed by atoms with Gasteiger partial charge in [-0.2, -0.15) is 0 Å². The van der Waals surface area contributed by atoms with E-state index in [-0.39, 0.29) is 0 Å². The van der Waals surface area contributed by atoms with Gasteiger partial charge in [-0.15, -0.1) is 0 Å². The summed E-state index contributed by atoms with van der Waals surface area (Å²) in [6.07, 6.45) is 6.83. The molecule has 0 N–H and O–H groups in total. The van der Waals surface area contributed by atoms with Crippen molar-refractivity contribution < 1.29 is 4.74 Å². The van der Waals surface area contributed by atoms with Gasteiger partial charge >= 0.3 is 0 Å². The molecule has 1 aromatic rings. The van der Waals surface area contributed by atoms with Crippen molar-refractivity contribution >= 4 is 0 Å². The molecule has 1 nitrogen and oxygen atoms in total. The standard InChI is InChI=1S/C14H20O/c1-14(10-4-3-5-11-14)12-6-8-13(15-2)9-7-12/h6-9H,3-5,10-11H2,1-2H3. The average Bonchev–Trinajstić information content (AvgIpc) is 2.30. The summed E-state index contributed by atoms with van der Waals surface area (Å²) < 4.78 is 5.19. The lowest BCUT2D eigenvalue weighted by Gasteiger charge is -2.34. The molecule has 1 heteroatoms. The molecule has 0 spiro atoms. The average molecular weight is 204 g/mol. The Balaban J connectivity index is 2.20. The molecule has 0 saturated heterocycles. The zero-order valence-electron chi connectivity index (χ0n) is 9.75. The van der Waals surface area contributed by atoms with Gasteiger partial charge in [0.2, 0.25) is 0 Å². The molecule has 1 fully saturated rings. The van der Waals surface area contributed by atoms with Crippen LogP contribution in [-0.4, -0.2) is 7.11 Å². The van der Waals surface area contributed by atoms with Gasteiger partial charge in [0.25, 0.3) is 0 Å². The van der Waals surface area contributed by atoms with Crippen LogP contribution >= 0.6 is 0 Å². The fourth-order valence-electron chi connectivity index (χ4n) is 2.61. The van der Waals surface area contributed by atoms with Crippen molar-refractivity contribution in [3.05, 3.63) is 29.8 Å². The van der Waals surface area contributed by atoms with Crippen LogP contribution in [0.15, 0.2) is 24.3 Å². The molecule has 0 aromatic heterocycles. The molecule has 2 rings (SSSR count). The highest BCUT2D eigenvalue weighted by Gasteiger charge is 2.28. The minimum Gasteiger partial charge on any atom is -0.497 e. The van der Waals surface area contributed by atoms with E-state index < -0.39 is 0 Å². The van der Waals surface area contributed by atoms with Crippen LogP contribution < -0.4 is 4.74 Å². The molecule has 0 bridgehead atoms. The second kappa shape index (κ2) is 4.26. The summed E-state index contributed by atoms with van der Waals surface area (Å²) >= 11 is 0. The highest BCUT2D eigenvalue weighted by atomic mass is 16.5. The van der Waals surface area contributed by atoms with Gasteiger partial charge in [0.05, 0.1) is 7.11 Å². The van der Waals surface area contributed by atoms with Gasteiger partial charge in [-0.05, 0) is 36.0 Å². The fraction of sp³-hybridized carbons (Fsp3) is 0.571. The van der Waals surface area contributed by atoms with Crippen molar-refractivity contribution in [1.29, 1.82) is 0 Å². The maximum Gasteiger partial charge on any atom is 0.118 e. The molecule has 0 heterocycles. The van der Waals surface area contributed by atoms with Crippen molar-refractivity contribution in [1.82, 2.24) is 0 Å². The Bertz CT molecular complexity index is 307. The van der Waals surface area contributed by atoms with E-state index in [0.717, 1.165) is 5.75 Å². The summed E-state index contributed by atoms with van der Waals surface area (Å²) in [7, 11) is 1.72. The van der Waals surface area contributed by atoms with Gasteiger partial charge in [0.1, 0.15) is 5.75 Å². The summed E-state index contributed by atoms with van der Waals surface area (Å²) in [6.45, 7) is 2.40. The highest BCUT2D eigenvalue weighted by molar-refractivity contribution is 5.32. The van der Waals surface area contributed by atoms with Crippen molar-refractivity contribution in [3.63, 3.8) is 0 Å². The van der Waals surface area contributed by atoms with Crippen molar-refractivity contribution in [2.24, 2.45) is 0 Å². The van der Waals surface area contributed by atoms with Gasteiger partial charge in [-0.3, -0.25) is 0 Å². The summed E-state index contributed by atoms with van der Waals surface area (Å²) in [5.74, 6) is 0.957. The lowest BCUT2D eigenvalue weighted by molar-refractivity contribution is 0.319. The molecule has 0 radical (unpaired) electrons. The van der Waals surface area contributed by atoms with Crippen LogP contribution in [0.2, 0.25) is 0 Å². The Morgan fingerprint density at radius 2 is 1.60 bits per heavy atom.